The lowest BCUT2D eigenvalue weighted by Gasteiger charge is -2.23. The number of carbonyl (C=O) groups excluding carboxylic acids is 1. The van der Waals surface area contributed by atoms with Gasteiger partial charge in [0.25, 0.3) is 5.91 Å². The molecule has 1 heterocycles. The summed E-state index contributed by atoms with van der Waals surface area (Å²) in [5.41, 5.74) is 6.54. The second kappa shape index (κ2) is 7.30. The molecule has 0 aromatic heterocycles. The van der Waals surface area contributed by atoms with Crippen LogP contribution in [0.1, 0.15) is 28.8 Å². The van der Waals surface area contributed by atoms with Crippen LogP contribution < -0.4 is 11.1 Å². The van der Waals surface area contributed by atoms with Gasteiger partial charge in [-0.15, -0.1) is 0 Å². The molecule has 0 unspecified atom stereocenters. The molecule has 1 aromatic carbocycles. The molecule has 3 N–H and O–H groups in total. The minimum absolute atomic E-state index is 0.114. The zero-order chi connectivity index (χ0) is 14.4. The van der Waals surface area contributed by atoms with E-state index in [1.807, 2.05) is 0 Å². The van der Waals surface area contributed by atoms with Gasteiger partial charge < -0.3 is 15.8 Å². The highest BCUT2D eigenvalue weighted by Gasteiger charge is 2.17. The van der Waals surface area contributed by atoms with Crippen LogP contribution in [0.5, 0.6) is 0 Å². The summed E-state index contributed by atoms with van der Waals surface area (Å²) in [5.74, 6) is 5.49. The van der Waals surface area contributed by atoms with Crippen LogP contribution in [0.25, 0.3) is 0 Å². The Kier molecular flexibility index (Phi) is 5.42. The molecule has 0 aliphatic carbocycles. The van der Waals surface area contributed by atoms with Crippen molar-refractivity contribution in [2.45, 2.75) is 18.9 Å². The maximum Gasteiger partial charge on any atom is 0.251 e. The number of nitrogens with two attached hydrogens (primary N) is 1. The first-order valence-corrected chi connectivity index (χ1v) is 6.95. The third-order valence-electron chi connectivity index (χ3n) is 3.11. The van der Waals surface area contributed by atoms with Crippen molar-refractivity contribution in [2.24, 2.45) is 5.73 Å². The number of hydrogen-bond donors (Lipinski definition) is 2. The van der Waals surface area contributed by atoms with Gasteiger partial charge in [-0.25, -0.2) is 0 Å². The third kappa shape index (κ3) is 3.97. The normalized spacial score (nSPS) is 15.3. The van der Waals surface area contributed by atoms with E-state index in [1.54, 1.807) is 18.2 Å². The van der Waals surface area contributed by atoms with Crippen molar-refractivity contribution >= 4 is 17.5 Å². The summed E-state index contributed by atoms with van der Waals surface area (Å²) in [6, 6.07) is 5.27. The van der Waals surface area contributed by atoms with Crippen LogP contribution in [0.15, 0.2) is 18.2 Å². The first-order chi connectivity index (χ1) is 9.70. The van der Waals surface area contributed by atoms with Gasteiger partial charge in [-0.2, -0.15) is 0 Å². The molecular weight excluding hydrogens is 276 g/mol. The van der Waals surface area contributed by atoms with E-state index in [0.717, 1.165) is 12.8 Å². The van der Waals surface area contributed by atoms with Crippen molar-refractivity contribution in [3.8, 4) is 11.8 Å². The molecule has 0 spiro atoms. The monoisotopic (exact) mass is 292 g/mol. The first-order valence-electron chi connectivity index (χ1n) is 6.58. The summed E-state index contributed by atoms with van der Waals surface area (Å²) in [7, 11) is 0. The van der Waals surface area contributed by atoms with Gasteiger partial charge in [-0.1, -0.05) is 23.4 Å². The number of carbonyl (C=O) groups is 1. The minimum Gasteiger partial charge on any atom is -0.381 e. The highest BCUT2D eigenvalue weighted by Crippen LogP contribution is 2.17. The van der Waals surface area contributed by atoms with E-state index >= 15 is 0 Å². The number of amides is 1. The summed E-state index contributed by atoms with van der Waals surface area (Å²) in [6.45, 7) is 1.67. The average molecular weight is 293 g/mol. The Bertz CT molecular complexity index is 543. The summed E-state index contributed by atoms with van der Waals surface area (Å²) in [6.07, 6.45) is 1.69. The second-order valence-electron chi connectivity index (χ2n) is 4.56. The highest BCUT2D eigenvalue weighted by atomic mass is 35.5. The standard InChI is InChI=1S/C15H17ClN2O2/c16-14-10-12(4-3-11(14)2-1-7-17)15(19)18-13-5-8-20-9-6-13/h3-4,10,13H,5-9,17H2,(H,18,19). The Morgan fingerprint density at radius 3 is 2.85 bits per heavy atom. The topological polar surface area (TPSA) is 64.4 Å². The summed E-state index contributed by atoms with van der Waals surface area (Å²) in [4.78, 5) is 12.1. The molecule has 0 saturated carbocycles. The van der Waals surface area contributed by atoms with Crippen LogP contribution >= 0.6 is 11.6 Å². The lowest BCUT2D eigenvalue weighted by Crippen LogP contribution is -2.38. The molecule has 2 rings (SSSR count). The summed E-state index contributed by atoms with van der Waals surface area (Å²) < 4.78 is 5.26. The Hall–Kier alpha value is -1.54. The molecule has 106 valence electrons. The van der Waals surface area contributed by atoms with Crippen LogP contribution in [0, 0.1) is 11.8 Å². The van der Waals surface area contributed by atoms with E-state index in [1.165, 1.54) is 0 Å². The minimum atomic E-state index is -0.114. The van der Waals surface area contributed by atoms with E-state index in [9.17, 15) is 4.79 Å². The van der Waals surface area contributed by atoms with Crippen LogP contribution in [-0.4, -0.2) is 31.7 Å². The highest BCUT2D eigenvalue weighted by molar-refractivity contribution is 6.32. The van der Waals surface area contributed by atoms with Gasteiger partial charge in [0, 0.05) is 30.4 Å². The molecule has 5 heteroatoms. The fourth-order valence-electron chi connectivity index (χ4n) is 2.01. The van der Waals surface area contributed by atoms with Crippen molar-refractivity contribution in [3.05, 3.63) is 34.3 Å². The van der Waals surface area contributed by atoms with Crippen LogP contribution in [0.3, 0.4) is 0 Å². The van der Waals surface area contributed by atoms with Gasteiger partial charge >= 0.3 is 0 Å². The predicted octanol–water partition coefficient (Wildman–Crippen LogP) is 1.56. The van der Waals surface area contributed by atoms with Gasteiger partial charge in [0.15, 0.2) is 0 Å². The van der Waals surface area contributed by atoms with Crippen molar-refractivity contribution in [1.82, 2.24) is 5.32 Å². The van der Waals surface area contributed by atoms with E-state index < -0.39 is 0 Å². The maximum atomic E-state index is 12.1. The average Bonchev–Trinajstić information content (AvgIpc) is 2.47. The molecule has 1 saturated heterocycles. The van der Waals surface area contributed by atoms with E-state index in [-0.39, 0.29) is 18.5 Å². The number of halogens is 1. The molecule has 20 heavy (non-hydrogen) atoms. The third-order valence-corrected chi connectivity index (χ3v) is 3.43. The number of ether oxygens (including phenoxy) is 1. The fraction of sp³-hybridized carbons (Fsp3) is 0.400. The zero-order valence-electron chi connectivity index (χ0n) is 11.1. The molecule has 1 fully saturated rings. The smallest absolute Gasteiger partial charge is 0.251 e. The zero-order valence-corrected chi connectivity index (χ0v) is 11.9. The molecule has 0 radical (unpaired) electrons. The van der Waals surface area contributed by atoms with Crippen LogP contribution in [0.2, 0.25) is 5.02 Å². The van der Waals surface area contributed by atoms with Gasteiger partial charge in [0.05, 0.1) is 11.6 Å². The second-order valence-corrected chi connectivity index (χ2v) is 4.97. The predicted molar refractivity (Wildman–Crippen MR) is 78.7 cm³/mol. The Morgan fingerprint density at radius 1 is 1.45 bits per heavy atom. The molecule has 0 bridgehead atoms. The molecule has 1 aliphatic rings. The van der Waals surface area contributed by atoms with Gasteiger partial charge in [-0.05, 0) is 31.0 Å². The van der Waals surface area contributed by atoms with E-state index in [4.69, 9.17) is 22.1 Å². The molecule has 0 atom stereocenters. The fourth-order valence-corrected chi connectivity index (χ4v) is 2.24. The number of benzene rings is 1. The molecule has 4 nitrogen and oxygen atoms in total. The summed E-state index contributed by atoms with van der Waals surface area (Å²) in [5, 5.41) is 3.45. The van der Waals surface area contributed by atoms with Crippen LogP contribution in [0.4, 0.5) is 0 Å². The lowest BCUT2D eigenvalue weighted by molar-refractivity contribution is 0.0696. The molecule has 1 aromatic rings. The number of hydrogen-bond acceptors (Lipinski definition) is 3. The molecule has 1 amide bonds. The largest absolute Gasteiger partial charge is 0.381 e. The maximum absolute atomic E-state index is 12.1. The van der Waals surface area contributed by atoms with Gasteiger partial charge in [-0.3, -0.25) is 4.79 Å². The van der Waals surface area contributed by atoms with Gasteiger partial charge in [0.2, 0.25) is 0 Å². The molecule has 1 aliphatic heterocycles. The quantitative estimate of drug-likeness (QED) is 0.813. The number of nitrogens with one attached hydrogen (secondary N) is 1. The van der Waals surface area contributed by atoms with Crippen molar-refractivity contribution in [1.29, 1.82) is 0 Å². The summed E-state index contributed by atoms with van der Waals surface area (Å²) >= 11 is 6.11. The van der Waals surface area contributed by atoms with Crippen LogP contribution in [-0.2, 0) is 4.74 Å². The first kappa shape index (κ1) is 14.9. The van der Waals surface area contributed by atoms with E-state index in [0.29, 0.717) is 29.4 Å². The lowest BCUT2D eigenvalue weighted by atomic mass is 10.1. The van der Waals surface area contributed by atoms with Gasteiger partial charge in [0.1, 0.15) is 0 Å². The molecular formula is C15H17ClN2O2. The van der Waals surface area contributed by atoms with Crippen molar-refractivity contribution < 1.29 is 9.53 Å². The van der Waals surface area contributed by atoms with Crippen molar-refractivity contribution in [3.63, 3.8) is 0 Å². The Balaban J connectivity index is 2.04. The number of rotatable bonds is 2. The Labute approximate surface area is 123 Å². The van der Waals surface area contributed by atoms with Crippen molar-refractivity contribution in [2.75, 3.05) is 19.8 Å². The Morgan fingerprint density at radius 2 is 2.20 bits per heavy atom. The SMILES string of the molecule is NCC#Cc1ccc(C(=O)NC2CCOCC2)cc1Cl. The van der Waals surface area contributed by atoms with E-state index in [2.05, 4.69) is 17.2 Å².